The standard InChI is InChI=1S/C14H12BrClN2O/c1-8-3-2-4-12(13(8)15)18-14(19)10-7-9(16)5-6-11(10)17/h2-7H,17H2,1H3,(H,18,19). The molecular formula is C14H12BrClN2O. The Morgan fingerprint density at radius 2 is 2.05 bits per heavy atom. The molecule has 0 saturated heterocycles. The van der Waals surface area contributed by atoms with Crippen molar-refractivity contribution >= 4 is 44.8 Å². The molecule has 0 atom stereocenters. The minimum atomic E-state index is -0.286. The van der Waals surface area contributed by atoms with Crippen molar-refractivity contribution in [2.75, 3.05) is 11.1 Å². The number of nitrogens with one attached hydrogen (secondary N) is 1. The summed E-state index contributed by atoms with van der Waals surface area (Å²) >= 11 is 9.32. The minimum absolute atomic E-state index is 0.286. The molecule has 3 nitrogen and oxygen atoms in total. The van der Waals surface area contributed by atoms with Gasteiger partial charge in [-0.2, -0.15) is 0 Å². The molecule has 2 aromatic carbocycles. The topological polar surface area (TPSA) is 55.1 Å². The molecule has 0 aliphatic rings. The number of hydrogen-bond donors (Lipinski definition) is 2. The first kappa shape index (κ1) is 13.9. The van der Waals surface area contributed by atoms with Gasteiger partial charge in [0.1, 0.15) is 0 Å². The van der Waals surface area contributed by atoms with Gasteiger partial charge in [-0.05, 0) is 52.7 Å². The molecule has 0 heterocycles. The number of carbonyl (C=O) groups excluding carboxylic acids is 1. The van der Waals surface area contributed by atoms with Gasteiger partial charge < -0.3 is 11.1 Å². The summed E-state index contributed by atoms with van der Waals surface area (Å²) in [6, 6.07) is 10.5. The fourth-order valence-corrected chi connectivity index (χ4v) is 2.19. The lowest BCUT2D eigenvalue weighted by molar-refractivity contribution is 0.102. The Labute approximate surface area is 124 Å². The molecule has 0 radical (unpaired) electrons. The zero-order valence-electron chi connectivity index (χ0n) is 10.2. The van der Waals surface area contributed by atoms with Crippen molar-refractivity contribution in [3.8, 4) is 0 Å². The summed E-state index contributed by atoms with van der Waals surface area (Å²) in [4.78, 5) is 12.2. The predicted molar refractivity (Wildman–Crippen MR) is 82.7 cm³/mol. The fourth-order valence-electron chi connectivity index (χ4n) is 1.66. The third-order valence-corrected chi connectivity index (χ3v) is 3.99. The van der Waals surface area contributed by atoms with Crippen molar-refractivity contribution in [2.24, 2.45) is 0 Å². The molecule has 0 aromatic heterocycles. The molecule has 19 heavy (non-hydrogen) atoms. The Bertz CT molecular complexity index is 643. The van der Waals surface area contributed by atoms with Crippen molar-refractivity contribution in [3.63, 3.8) is 0 Å². The molecule has 0 aliphatic heterocycles. The van der Waals surface area contributed by atoms with Crippen molar-refractivity contribution in [1.82, 2.24) is 0 Å². The lowest BCUT2D eigenvalue weighted by Crippen LogP contribution is -2.14. The maximum atomic E-state index is 12.2. The lowest BCUT2D eigenvalue weighted by atomic mass is 10.1. The number of nitrogen functional groups attached to an aromatic ring is 1. The van der Waals surface area contributed by atoms with Crippen LogP contribution in [0.1, 0.15) is 15.9 Å². The second-order valence-corrected chi connectivity index (χ2v) is 5.35. The van der Waals surface area contributed by atoms with E-state index in [2.05, 4.69) is 21.2 Å². The summed E-state index contributed by atoms with van der Waals surface area (Å²) in [6.45, 7) is 1.95. The van der Waals surface area contributed by atoms with Crippen LogP contribution in [-0.4, -0.2) is 5.91 Å². The second-order valence-electron chi connectivity index (χ2n) is 4.12. The van der Waals surface area contributed by atoms with Gasteiger partial charge >= 0.3 is 0 Å². The van der Waals surface area contributed by atoms with E-state index in [0.29, 0.717) is 22.0 Å². The zero-order valence-corrected chi connectivity index (χ0v) is 12.5. The van der Waals surface area contributed by atoms with Crippen molar-refractivity contribution in [1.29, 1.82) is 0 Å². The summed E-state index contributed by atoms with van der Waals surface area (Å²) < 4.78 is 0.851. The van der Waals surface area contributed by atoms with Crippen LogP contribution >= 0.6 is 27.5 Å². The molecule has 3 N–H and O–H groups in total. The highest BCUT2D eigenvalue weighted by Crippen LogP contribution is 2.27. The number of nitrogens with two attached hydrogens (primary N) is 1. The van der Waals surface area contributed by atoms with Crippen LogP contribution in [0, 0.1) is 6.92 Å². The second kappa shape index (κ2) is 5.63. The molecule has 2 rings (SSSR count). The molecule has 0 bridgehead atoms. The smallest absolute Gasteiger partial charge is 0.257 e. The molecule has 0 saturated carbocycles. The summed E-state index contributed by atoms with van der Waals surface area (Å²) in [5.41, 5.74) is 8.27. The molecule has 0 fully saturated rings. The van der Waals surface area contributed by atoms with Crippen molar-refractivity contribution in [2.45, 2.75) is 6.92 Å². The SMILES string of the molecule is Cc1cccc(NC(=O)c2cc(Cl)ccc2N)c1Br. The molecule has 0 unspecified atom stereocenters. The van der Waals surface area contributed by atoms with Gasteiger partial charge in [0.2, 0.25) is 0 Å². The van der Waals surface area contributed by atoms with Gasteiger partial charge in [0.05, 0.1) is 11.3 Å². The van der Waals surface area contributed by atoms with Crippen LogP contribution in [0.15, 0.2) is 40.9 Å². The van der Waals surface area contributed by atoms with E-state index in [1.807, 2.05) is 25.1 Å². The van der Waals surface area contributed by atoms with Crippen LogP contribution in [0.3, 0.4) is 0 Å². The van der Waals surface area contributed by atoms with Gasteiger partial charge in [0, 0.05) is 15.2 Å². The van der Waals surface area contributed by atoms with Gasteiger partial charge in [-0.3, -0.25) is 4.79 Å². The van der Waals surface area contributed by atoms with E-state index in [-0.39, 0.29) is 5.91 Å². The monoisotopic (exact) mass is 338 g/mol. The van der Waals surface area contributed by atoms with E-state index >= 15 is 0 Å². The number of rotatable bonds is 2. The van der Waals surface area contributed by atoms with Crippen LogP contribution < -0.4 is 11.1 Å². The normalized spacial score (nSPS) is 10.3. The molecule has 0 spiro atoms. The van der Waals surface area contributed by atoms with Crippen LogP contribution in [0.5, 0.6) is 0 Å². The van der Waals surface area contributed by atoms with Gasteiger partial charge in [-0.1, -0.05) is 23.7 Å². The highest BCUT2D eigenvalue weighted by molar-refractivity contribution is 9.10. The maximum absolute atomic E-state index is 12.2. The third-order valence-electron chi connectivity index (χ3n) is 2.70. The quantitative estimate of drug-likeness (QED) is 0.804. The number of carbonyl (C=O) groups is 1. The first-order valence-electron chi connectivity index (χ1n) is 5.60. The van der Waals surface area contributed by atoms with Gasteiger partial charge in [-0.15, -0.1) is 0 Å². The number of amides is 1. The van der Waals surface area contributed by atoms with Gasteiger partial charge in [0.25, 0.3) is 5.91 Å². The van der Waals surface area contributed by atoms with E-state index in [0.717, 1.165) is 10.0 Å². The predicted octanol–water partition coefficient (Wildman–Crippen LogP) is 4.25. The largest absolute Gasteiger partial charge is 0.398 e. The molecule has 0 aliphatic carbocycles. The van der Waals surface area contributed by atoms with Gasteiger partial charge in [0.15, 0.2) is 0 Å². The van der Waals surface area contributed by atoms with E-state index in [4.69, 9.17) is 17.3 Å². The van der Waals surface area contributed by atoms with Crippen LogP contribution in [-0.2, 0) is 0 Å². The Balaban J connectivity index is 2.31. The summed E-state index contributed by atoms with van der Waals surface area (Å²) in [6.07, 6.45) is 0. The third kappa shape index (κ3) is 3.08. The van der Waals surface area contributed by atoms with E-state index in [1.165, 1.54) is 0 Å². The highest BCUT2D eigenvalue weighted by atomic mass is 79.9. The summed E-state index contributed by atoms with van der Waals surface area (Å²) in [5.74, 6) is -0.286. The first-order chi connectivity index (χ1) is 8.99. The Hall–Kier alpha value is -1.52. The average molecular weight is 340 g/mol. The Kier molecular flexibility index (Phi) is 4.12. The van der Waals surface area contributed by atoms with E-state index in [9.17, 15) is 4.79 Å². The number of halogens is 2. The van der Waals surface area contributed by atoms with E-state index in [1.54, 1.807) is 18.2 Å². The number of anilines is 2. The number of aryl methyl sites for hydroxylation is 1. The van der Waals surface area contributed by atoms with Crippen molar-refractivity contribution < 1.29 is 4.79 Å². The molecule has 2 aromatic rings. The van der Waals surface area contributed by atoms with Crippen molar-refractivity contribution in [3.05, 3.63) is 57.0 Å². The first-order valence-corrected chi connectivity index (χ1v) is 6.77. The molecule has 5 heteroatoms. The molecular weight excluding hydrogens is 328 g/mol. The van der Waals surface area contributed by atoms with E-state index < -0.39 is 0 Å². The van der Waals surface area contributed by atoms with Gasteiger partial charge in [-0.25, -0.2) is 0 Å². The Morgan fingerprint density at radius 1 is 1.32 bits per heavy atom. The maximum Gasteiger partial charge on any atom is 0.257 e. The fraction of sp³-hybridized carbons (Fsp3) is 0.0714. The zero-order chi connectivity index (χ0) is 14.0. The van der Waals surface area contributed by atoms with Crippen LogP contribution in [0.25, 0.3) is 0 Å². The molecule has 98 valence electrons. The van der Waals surface area contributed by atoms with Crippen LogP contribution in [0.2, 0.25) is 5.02 Å². The minimum Gasteiger partial charge on any atom is -0.398 e. The summed E-state index contributed by atoms with van der Waals surface area (Å²) in [7, 11) is 0. The summed E-state index contributed by atoms with van der Waals surface area (Å²) in [5, 5.41) is 3.29. The molecule has 1 amide bonds. The average Bonchev–Trinajstić information content (AvgIpc) is 2.38. The van der Waals surface area contributed by atoms with Crippen LogP contribution in [0.4, 0.5) is 11.4 Å². The Morgan fingerprint density at radius 3 is 2.79 bits per heavy atom. The lowest BCUT2D eigenvalue weighted by Gasteiger charge is -2.10. The number of benzene rings is 2. The number of hydrogen-bond acceptors (Lipinski definition) is 2. The highest BCUT2D eigenvalue weighted by Gasteiger charge is 2.12.